The van der Waals surface area contributed by atoms with E-state index < -0.39 is 23.8 Å². The first-order chi connectivity index (χ1) is 7.41. The van der Waals surface area contributed by atoms with Gasteiger partial charge in [-0.15, -0.1) is 0 Å². The van der Waals surface area contributed by atoms with Crippen LogP contribution in [0.5, 0.6) is 0 Å². The summed E-state index contributed by atoms with van der Waals surface area (Å²) in [7, 11) is 0. The quantitative estimate of drug-likeness (QED) is 0.428. The Morgan fingerprint density at radius 1 is 1.62 bits per heavy atom. The second-order valence-electron chi connectivity index (χ2n) is 3.64. The van der Waals surface area contributed by atoms with Crippen LogP contribution in [0.3, 0.4) is 0 Å². The average molecular weight is 243 g/mol. The number of nitrogens with one attached hydrogen (secondary N) is 2. The lowest BCUT2D eigenvalue weighted by Gasteiger charge is -2.23. The molecule has 0 aliphatic carbocycles. The van der Waals surface area contributed by atoms with Crippen molar-refractivity contribution >= 4 is 34.9 Å². The van der Waals surface area contributed by atoms with Gasteiger partial charge in [0.05, 0.1) is 10.9 Å². The van der Waals surface area contributed by atoms with E-state index in [0.717, 1.165) is 0 Å². The highest BCUT2D eigenvalue weighted by Gasteiger charge is 2.29. The number of imide groups is 1. The van der Waals surface area contributed by atoms with Crippen LogP contribution in [-0.2, 0) is 14.4 Å². The molecular formula is C9H13N3O3S. The predicted molar refractivity (Wildman–Crippen MR) is 60.3 cm³/mol. The monoisotopic (exact) mass is 243 g/mol. The zero-order chi connectivity index (χ0) is 12.3. The van der Waals surface area contributed by atoms with E-state index in [1.165, 1.54) is 0 Å². The lowest BCUT2D eigenvalue weighted by atomic mass is 10.0. The molecule has 88 valence electrons. The maximum atomic E-state index is 11.5. The highest BCUT2D eigenvalue weighted by molar-refractivity contribution is 7.80. The standard InChI is InChI=1S/C9H13N3O3S/c1-4(7(10)16)8(14)11-5-2-3-6(13)12-9(5)15/h4-5H,2-3H2,1H3,(H2,10,16)(H,11,14)(H,12,13,15). The molecule has 0 aromatic carbocycles. The summed E-state index contributed by atoms with van der Waals surface area (Å²) in [6.07, 6.45) is 0.526. The molecule has 3 amide bonds. The Kier molecular flexibility index (Phi) is 3.94. The first kappa shape index (κ1) is 12.6. The van der Waals surface area contributed by atoms with Crippen LogP contribution in [0.1, 0.15) is 19.8 Å². The van der Waals surface area contributed by atoms with Gasteiger partial charge in [-0.05, 0) is 13.3 Å². The fraction of sp³-hybridized carbons (Fsp3) is 0.556. The molecule has 1 aliphatic heterocycles. The van der Waals surface area contributed by atoms with Crippen LogP contribution in [-0.4, -0.2) is 28.8 Å². The summed E-state index contributed by atoms with van der Waals surface area (Å²) in [4.78, 5) is 33.8. The Hall–Kier alpha value is -1.50. The Morgan fingerprint density at radius 3 is 2.75 bits per heavy atom. The molecule has 1 fully saturated rings. The number of thiocarbonyl (C=S) groups is 1. The minimum absolute atomic E-state index is 0.0739. The third kappa shape index (κ3) is 2.99. The van der Waals surface area contributed by atoms with E-state index in [1.54, 1.807) is 6.92 Å². The normalized spacial score (nSPS) is 22.2. The van der Waals surface area contributed by atoms with Crippen LogP contribution < -0.4 is 16.4 Å². The minimum atomic E-state index is -0.679. The molecule has 1 aliphatic rings. The van der Waals surface area contributed by atoms with Gasteiger partial charge in [-0.25, -0.2) is 0 Å². The second kappa shape index (κ2) is 5.02. The summed E-state index contributed by atoms with van der Waals surface area (Å²) in [5.41, 5.74) is 5.31. The van der Waals surface area contributed by atoms with Gasteiger partial charge in [0, 0.05) is 6.42 Å². The van der Waals surface area contributed by atoms with E-state index in [2.05, 4.69) is 22.9 Å². The van der Waals surface area contributed by atoms with Gasteiger partial charge < -0.3 is 11.1 Å². The molecule has 1 heterocycles. The first-order valence-corrected chi connectivity index (χ1v) is 5.26. The minimum Gasteiger partial charge on any atom is -0.393 e. The van der Waals surface area contributed by atoms with E-state index in [1.807, 2.05) is 0 Å². The van der Waals surface area contributed by atoms with Crippen molar-refractivity contribution in [2.75, 3.05) is 0 Å². The number of amides is 3. The van der Waals surface area contributed by atoms with Gasteiger partial charge in [-0.3, -0.25) is 19.7 Å². The molecule has 0 saturated carbocycles. The van der Waals surface area contributed by atoms with Crippen LogP contribution >= 0.6 is 12.2 Å². The van der Waals surface area contributed by atoms with E-state index in [4.69, 9.17) is 5.73 Å². The van der Waals surface area contributed by atoms with Crippen molar-refractivity contribution in [3.8, 4) is 0 Å². The molecule has 16 heavy (non-hydrogen) atoms. The smallest absolute Gasteiger partial charge is 0.249 e. The molecule has 1 saturated heterocycles. The zero-order valence-corrected chi connectivity index (χ0v) is 9.60. The number of rotatable bonds is 3. The van der Waals surface area contributed by atoms with Gasteiger partial charge >= 0.3 is 0 Å². The Bertz CT molecular complexity index is 356. The van der Waals surface area contributed by atoms with Gasteiger partial charge in [-0.1, -0.05) is 12.2 Å². The lowest BCUT2D eigenvalue weighted by Crippen LogP contribution is -2.54. The number of piperidine rings is 1. The third-order valence-corrected chi connectivity index (χ3v) is 2.73. The molecule has 0 aromatic heterocycles. The zero-order valence-electron chi connectivity index (χ0n) is 8.78. The van der Waals surface area contributed by atoms with Crippen molar-refractivity contribution in [3.63, 3.8) is 0 Å². The molecule has 0 bridgehead atoms. The fourth-order valence-corrected chi connectivity index (χ4v) is 1.36. The summed E-state index contributed by atoms with van der Waals surface area (Å²) in [5.74, 6) is -1.83. The van der Waals surface area contributed by atoms with Crippen molar-refractivity contribution in [2.45, 2.75) is 25.8 Å². The Labute approximate surface area is 97.9 Å². The van der Waals surface area contributed by atoms with Crippen molar-refractivity contribution in [2.24, 2.45) is 11.7 Å². The Balaban J connectivity index is 2.54. The topological polar surface area (TPSA) is 101 Å². The molecule has 0 aromatic rings. The second-order valence-corrected chi connectivity index (χ2v) is 4.11. The van der Waals surface area contributed by atoms with Gasteiger partial charge in [0.2, 0.25) is 17.7 Å². The SMILES string of the molecule is CC(C(=O)NC1CCC(=O)NC1=O)C(N)=S. The van der Waals surface area contributed by atoms with Gasteiger partial charge in [0.15, 0.2) is 0 Å². The van der Waals surface area contributed by atoms with E-state index in [9.17, 15) is 14.4 Å². The molecule has 4 N–H and O–H groups in total. The summed E-state index contributed by atoms with van der Waals surface area (Å²) < 4.78 is 0. The fourth-order valence-electron chi connectivity index (χ4n) is 1.26. The highest BCUT2D eigenvalue weighted by atomic mass is 32.1. The first-order valence-electron chi connectivity index (χ1n) is 4.85. The number of carbonyl (C=O) groups is 3. The van der Waals surface area contributed by atoms with E-state index in [0.29, 0.717) is 6.42 Å². The Morgan fingerprint density at radius 2 is 2.25 bits per heavy atom. The summed E-state index contributed by atoms with van der Waals surface area (Å²) in [6.45, 7) is 1.56. The number of nitrogens with two attached hydrogens (primary N) is 1. The van der Waals surface area contributed by atoms with Crippen molar-refractivity contribution in [3.05, 3.63) is 0 Å². The van der Waals surface area contributed by atoms with Crippen LogP contribution in [0.25, 0.3) is 0 Å². The van der Waals surface area contributed by atoms with Gasteiger partial charge in [0.1, 0.15) is 6.04 Å². The maximum Gasteiger partial charge on any atom is 0.249 e. The maximum absolute atomic E-state index is 11.5. The number of carbonyl (C=O) groups excluding carboxylic acids is 3. The molecule has 0 radical (unpaired) electrons. The van der Waals surface area contributed by atoms with Gasteiger partial charge in [-0.2, -0.15) is 0 Å². The van der Waals surface area contributed by atoms with E-state index >= 15 is 0 Å². The molecular weight excluding hydrogens is 230 g/mol. The van der Waals surface area contributed by atoms with Crippen LogP contribution in [0, 0.1) is 5.92 Å². The summed E-state index contributed by atoms with van der Waals surface area (Å²) >= 11 is 4.67. The number of hydrogen-bond donors (Lipinski definition) is 3. The van der Waals surface area contributed by atoms with Crippen LogP contribution in [0.4, 0.5) is 0 Å². The third-order valence-electron chi connectivity index (χ3n) is 2.38. The van der Waals surface area contributed by atoms with Crippen LogP contribution in [0.2, 0.25) is 0 Å². The molecule has 6 nitrogen and oxygen atoms in total. The summed E-state index contributed by atoms with van der Waals surface area (Å²) in [6, 6.07) is -0.679. The number of hydrogen-bond acceptors (Lipinski definition) is 4. The van der Waals surface area contributed by atoms with Crippen molar-refractivity contribution in [1.82, 2.24) is 10.6 Å². The van der Waals surface area contributed by atoms with Crippen molar-refractivity contribution < 1.29 is 14.4 Å². The molecule has 7 heteroatoms. The average Bonchev–Trinajstić information content (AvgIpc) is 2.20. The van der Waals surface area contributed by atoms with Gasteiger partial charge in [0.25, 0.3) is 0 Å². The van der Waals surface area contributed by atoms with Crippen LogP contribution in [0.15, 0.2) is 0 Å². The largest absolute Gasteiger partial charge is 0.393 e. The lowest BCUT2D eigenvalue weighted by molar-refractivity contribution is -0.137. The predicted octanol–water partition coefficient (Wildman–Crippen LogP) is -1.17. The molecule has 2 unspecified atom stereocenters. The van der Waals surface area contributed by atoms with E-state index in [-0.39, 0.29) is 17.3 Å². The van der Waals surface area contributed by atoms with Crippen molar-refractivity contribution in [1.29, 1.82) is 0 Å². The highest BCUT2D eigenvalue weighted by Crippen LogP contribution is 2.05. The molecule has 2 atom stereocenters. The molecule has 1 rings (SSSR count). The molecule has 0 spiro atoms. The summed E-state index contributed by atoms with van der Waals surface area (Å²) in [5, 5.41) is 4.65.